The number of hydrogen-bond donors (Lipinski definition) is 2. The van der Waals surface area contributed by atoms with E-state index < -0.39 is 0 Å². The third-order valence-electron chi connectivity index (χ3n) is 3.53. The fourth-order valence-corrected chi connectivity index (χ4v) is 2.28. The summed E-state index contributed by atoms with van der Waals surface area (Å²) >= 11 is 0. The molecule has 3 N–H and O–H groups in total. The highest BCUT2D eigenvalue weighted by Crippen LogP contribution is 2.14. The third kappa shape index (κ3) is 3.24. The van der Waals surface area contributed by atoms with E-state index in [1.165, 1.54) is 0 Å². The lowest BCUT2D eigenvalue weighted by molar-refractivity contribution is -0.122. The smallest absolute Gasteiger partial charge is 0.242 e. The lowest BCUT2D eigenvalue weighted by Crippen LogP contribution is -2.28. The average Bonchev–Trinajstić information content (AvgIpc) is 2.92. The Labute approximate surface area is 124 Å². The molecule has 0 radical (unpaired) electrons. The summed E-state index contributed by atoms with van der Waals surface area (Å²) in [5, 5.41) is 11.5. The van der Waals surface area contributed by atoms with Crippen molar-refractivity contribution in [1.82, 2.24) is 24.9 Å². The molecule has 0 aliphatic heterocycles. The summed E-state index contributed by atoms with van der Waals surface area (Å²) in [4.78, 5) is 12.0. The van der Waals surface area contributed by atoms with Crippen LogP contribution in [-0.2, 0) is 31.4 Å². The van der Waals surface area contributed by atoms with Crippen LogP contribution in [0, 0.1) is 13.8 Å². The number of amides is 1. The van der Waals surface area contributed by atoms with Crippen LogP contribution in [0.3, 0.4) is 0 Å². The van der Waals surface area contributed by atoms with Crippen LogP contribution >= 0.6 is 0 Å². The molecule has 0 unspecified atom stereocenters. The van der Waals surface area contributed by atoms with Crippen molar-refractivity contribution in [3.05, 3.63) is 28.8 Å². The molecule has 1 amide bonds. The molecule has 21 heavy (non-hydrogen) atoms. The Kier molecular flexibility index (Phi) is 4.30. The lowest BCUT2D eigenvalue weighted by Gasteiger charge is -2.06. The molecule has 0 spiro atoms. The van der Waals surface area contributed by atoms with Gasteiger partial charge in [-0.1, -0.05) is 6.92 Å². The Hall–Kier alpha value is -2.31. The molecule has 0 saturated carbocycles. The number of nitrogens with two attached hydrogens (primary N) is 1. The van der Waals surface area contributed by atoms with Crippen molar-refractivity contribution in [3.63, 3.8) is 0 Å². The number of nitrogens with one attached hydrogen (secondary N) is 1. The van der Waals surface area contributed by atoms with Crippen LogP contribution < -0.4 is 11.1 Å². The molecule has 0 aromatic carbocycles. The quantitative estimate of drug-likeness (QED) is 0.848. The van der Waals surface area contributed by atoms with E-state index in [2.05, 4.69) is 15.5 Å². The van der Waals surface area contributed by atoms with Crippen LogP contribution in [0.5, 0.6) is 0 Å². The van der Waals surface area contributed by atoms with Gasteiger partial charge >= 0.3 is 0 Å². The number of nitrogens with zero attached hydrogens (tertiary/aromatic N) is 4. The van der Waals surface area contributed by atoms with Crippen LogP contribution in [0.25, 0.3) is 0 Å². The first-order valence-corrected chi connectivity index (χ1v) is 7.00. The number of aryl methyl sites for hydroxylation is 3. The minimum absolute atomic E-state index is 0.0912. The van der Waals surface area contributed by atoms with E-state index in [9.17, 15) is 4.79 Å². The van der Waals surface area contributed by atoms with Crippen LogP contribution in [0.15, 0.2) is 6.20 Å². The fraction of sp³-hybridized carbons (Fsp3) is 0.500. The molecular formula is C14H22N6O. The van der Waals surface area contributed by atoms with E-state index in [1.54, 1.807) is 9.36 Å². The molecule has 2 aromatic heterocycles. The maximum Gasteiger partial charge on any atom is 0.242 e. The molecule has 7 heteroatoms. The van der Waals surface area contributed by atoms with Gasteiger partial charge < -0.3 is 11.1 Å². The van der Waals surface area contributed by atoms with Crippen LogP contribution in [0.4, 0.5) is 5.69 Å². The molecule has 0 fully saturated rings. The van der Waals surface area contributed by atoms with E-state index in [0.29, 0.717) is 12.2 Å². The number of hydrogen-bond acceptors (Lipinski definition) is 4. The summed E-state index contributed by atoms with van der Waals surface area (Å²) in [7, 11) is 1.88. The summed E-state index contributed by atoms with van der Waals surface area (Å²) in [5.74, 6) is -0.0912. The van der Waals surface area contributed by atoms with Gasteiger partial charge in [-0.3, -0.25) is 14.2 Å². The first kappa shape index (κ1) is 15.1. The van der Waals surface area contributed by atoms with Crippen molar-refractivity contribution in [2.75, 3.05) is 5.73 Å². The molecule has 114 valence electrons. The van der Waals surface area contributed by atoms with Gasteiger partial charge in [-0.05, 0) is 20.3 Å². The predicted molar refractivity (Wildman–Crippen MR) is 80.5 cm³/mol. The average molecular weight is 290 g/mol. The fourth-order valence-electron chi connectivity index (χ4n) is 2.28. The standard InChI is InChI=1S/C14H22N6O/c1-5-12-11(7-19(4)18-12)6-16-13(21)8-20-10(3)14(15)9(2)17-20/h7H,5-6,8,15H2,1-4H3,(H,16,21). The topological polar surface area (TPSA) is 90.8 Å². The zero-order chi connectivity index (χ0) is 15.6. The van der Waals surface area contributed by atoms with E-state index in [0.717, 1.165) is 29.1 Å². The number of rotatable bonds is 5. The highest BCUT2D eigenvalue weighted by atomic mass is 16.2. The largest absolute Gasteiger partial charge is 0.396 e. The highest BCUT2D eigenvalue weighted by Gasteiger charge is 2.12. The molecule has 0 bridgehead atoms. The second-order valence-corrected chi connectivity index (χ2v) is 5.15. The van der Waals surface area contributed by atoms with Gasteiger partial charge in [0.2, 0.25) is 5.91 Å². The van der Waals surface area contributed by atoms with Crippen molar-refractivity contribution >= 4 is 11.6 Å². The van der Waals surface area contributed by atoms with E-state index >= 15 is 0 Å². The molecule has 0 aliphatic carbocycles. The summed E-state index contributed by atoms with van der Waals surface area (Å²) in [6, 6.07) is 0. The van der Waals surface area contributed by atoms with Gasteiger partial charge in [0, 0.05) is 25.4 Å². The Morgan fingerprint density at radius 3 is 2.67 bits per heavy atom. The normalized spacial score (nSPS) is 10.9. The van der Waals surface area contributed by atoms with Crippen molar-refractivity contribution in [1.29, 1.82) is 0 Å². The van der Waals surface area contributed by atoms with Gasteiger partial charge in [0.25, 0.3) is 0 Å². The number of nitrogen functional groups attached to an aromatic ring is 1. The Bertz CT molecular complexity index is 655. The maximum atomic E-state index is 12.0. The van der Waals surface area contributed by atoms with Crippen LogP contribution in [-0.4, -0.2) is 25.5 Å². The summed E-state index contributed by atoms with van der Waals surface area (Å²) < 4.78 is 3.39. The van der Waals surface area contributed by atoms with Crippen molar-refractivity contribution < 1.29 is 4.79 Å². The number of aromatic nitrogens is 4. The second-order valence-electron chi connectivity index (χ2n) is 5.15. The predicted octanol–water partition coefficient (Wildman–Crippen LogP) is 0.694. The van der Waals surface area contributed by atoms with Crippen LogP contribution in [0.1, 0.15) is 29.6 Å². The van der Waals surface area contributed by atoms with Gasteiger partial charge in [-0.25, -0.2) is 0 Å². The Morgan fingerprint density at radius 1 is 1.38 bits per heavy atom. The SMILES string of the molecule is CCc1nn(C)cc1CNC(=O)Cn1nc(C)c(N)c1C. The van der Waals surface area contributed by atoms with Gasteiger partial charge in [0.15, 0.2) is 0 Å². The molecular weight excluding hydrogens is 268 g/mol. The monoisotopic (exact) mass is 290 g/mol. The van der Waals surface area contributed by atoms with Crippen molar-refractivity contribution in [2.24, 2.45) is 7.05 Å². The summed E-state index contributed by atoms with van der Waals surface area (Å²) in [5.41, 5.74) is 10.1. The minimum Gasteiger partial charge on any atom is -0.396 e. The number of carbonyl (C=O) groups is 1. The molecule has 2 rings (SSSR count). The van der Waals surface area contributed by atoms with Crippen molar-refractivity contribution in [2.45, 2.75) is 40.3 Å². The first-order chi connectivity index (χ1) is 9.92. The third-order valence-corrected chi connectivity index (χ3v) is 3.53. The first-order valence-electron chi connectivity index (χ1n) is 7.00. The summed E-state index contributed by atoms with van der Waals surface area (Å²) in [6.07, 6.45) is 2.78. The second kappa shape index (κ2) is 5.99. The number of anilines is 1. The van der Waals surface area contributed by atoms with Gasteiger partial charge in [0.05, 0.1) is 22.8 Å². The van der Waals surface area contributed by atoms with Crippen molar-refractivity contribution in [3.8, 4) is 0 Å². The highest BCUT2D eigenvalue weighted by molar-refractivity contribution is 5.76. The summed E-state index contributed by atoms with van der Waals surface area (Å²) in [6.45, 7) is 6.39. The maximum absolute atomic E-state index is 12.0. The molecule has 0 aliphatic rings. The molecule has 2 aromatic rings. The molecule has 7 nitrogen and oxygen atoms in total. The van der Waals surface area contributed by atoms with E-state index in [4.69, 9.17) is 5.73 Å². The zero-order valence-electron chi connectivity index (χ0n) is 13.0. The van der Waals surface area contributed by atoms with Gasteiger partial charge in [-0.15, -0.1) is 0 Å². The minimum atomic E-state index is -0.0912. The molecule has 0 atom stereocenters. The molecule has 2 heterocycles. The zero-order valence-corrected chi connectivity index (χ0v) is 13.0. The lowest BCUT2D eigenvalue weighted by atomic mass is 10.2. The van der Waals surface area contributed by atoms with E-state index in [-0.39, 0.29) is 12.5 Å². The Morgan fingerprint density at radius 2 is 2.10 bits per heavy atom. The Balaban J connectivity index is 1.97. The van der Waals surface area contributed by atoms with Gasteiger partial charge in [-0.2, -0.15) is 10.2 Å². The number of carbonyl (C=O) groups excluding carboxylic acids is 1. The van der Waals surface area contributed by atoms with Gasteiger partial charge in [0.1, 0.15) is 6.54 Å². The molecule has 0 saturated heterocycles. The van der Waals surface area contributed by atoms with Crippen LogP contribution in [0.2, 0.25) is 0 Å². The van der Waals surface area contributed by atoms with E-state index in [1.807, 2.05) is 34.0 Å².